The van der Waals surface area contributed by atoms with E-state index in [9.17, 15) is 5.11 Å². The molecule has 0 aromatic carbocycles. The van der Waals surface area contributed by atoms with E-state index in [1.807, 2.05) is 0 Å². The van der Waals surface area contributed by atoms with Crippen molar-refractivity contribution < 1.29 is 5.11 Å². The van der Waals surface area contributed by atoms with E-state index in [-0.39, 0.29) is 6.10 Å². The topological polar surface area (TPSA) is 57.2 Å². The third-order valence-electron chi connectivity index (χ3n) is 3.32. The zero-order chi connectivity index (χ0) is 11.0. The predicted molar refractivity (Wildman–Crippen MR) is 63.6 cm³/mol. The molecule has 4 nitrogen and oxygen atoms in total. The Morgan fingerprint density at radius 3 is 3.00 bits per heavy atom. The van der Waals surface area contributed by atoms with Gasteiger partial charge in [0.1, 0.15) is 6.10 Å². The van der Waals surface area contributed by atoms with Crippen LogP contribution in [-0.4, -0.2) is 29.7 Å². The molecule has 2 unspecified atom stereocenters. The standard InChI is InChI=1S/C11H17N3OS/c15-9-6-13-5-8-10(9)16-11(14-8)7-2-1-3-12-4-7/h7,9,12-13,15H,1-6H2. The van der Waals surface area contributed by atoms with E-state index in [0.717, 1.165) is 30.2 Å². The van der Waals surface area contributed by atoms with Gasteiger partial charge < -0.3 is 15.7 Å². The number of fused-ring (bicyclic) bond motifs is 1. The SMILES string of the molecule is OC1CNCc2nc(C3CCCNC3)sc21. The van der Waals surface area contributed by atoms with Gasteiger partial charge in [-0.15, -0.1) is 11.3 Å². The second-order valence-corrected chi connectivity index (χ2v) is 5.62. The van der Waals surface area contributed by atoms with Crippen molar-refractivity contribution in [3.8, 4) is 0 Å². The van der Waals surface area contributed by atoms with E-state index < -0.39 is 0 Å². The lowest BCUT2D eigenvalue weighted by atomic mass is 10.0. The summed E-state index contributed by atoms with van der Waals surface area (Å²) in [7, 11) is 0. The zero-order valence-corrected chi connectivity index (χ0v) is 10.0. The van der Waals surface area contributed by atoms with Crippen LogP contribution in [0.25, 0.3) is 0 Å². The van der Waals surface area contributed by atoms with Crippen molar-refractivity contribution in [3.63, 3.8) is 0 Å². The Morgan fingerprint density at radius 1 is 1.31 bits per heavy atom. The van der Waals surface area contributed by atoms with Crippen molar-refractivity contribution in [2.45, 2.75) is 31.4 Å². The molecule has 16 heavy (non-hydrogen) atoms. The Labute approximate surface area is 99.1 Å². The van der Waals surface area contributed by atoms with E-state index in [1.165, 1.54) is 17.8 Å². The number of thiazole rings is 1. The van der Waals surface area contributed by atoms with Gasteiger partial charge in [-0.25, -0.2) is 4.98 Å². The van der Waals surface area contributed by atoms with Gasteiger partial charge in [0.15, 0.2) is 0 Å². The van der Waals surface area contributed by atoms with Gasteiger partial charge in [-0.2, -0.15) is 0 Å². The largest absolute Gasteiger partial charge is 0.386 e. The average molecular weight is 239 g/mol. The minimum atomic E-state index is -0.355. The Morgan fingerprint density at radius 2 is 2.25 bits per heavy atom. The van der Waals surface area contributed by atoms with Gasteiger partial charge in [-0.3, -0.25) is 0 Å². The highest BCUT2D eigenvalue weighted by atomic mass is 32.1. The van der Waals surface area contributed by atoms with Crippen molar-refractivity contribution in [3.05, 3.63) is 15.6 Å². The summed E-state index contributed by atoms with van der Waals surface area (Å²) in [6, 6.07) is 0. The number of β-amino-alcohol motifs (C(OH)–C–C–N with tert-alkyl or cyclic N) is 1. The van der Waals surface area contributed by atoms with E-state index in [0.29, 0.717) is 12.5 Å². The third kappa shape index (κ3) is 1.88. The Balaban J connectivity index is 1.85. The predicted octanol–water partition coefficient (Wildman–Crippen LogP) is 0.747. The Hall–Kier alpha value is -0.490. The number of aliphatic hydroxyl groups excluding tert-OH is 1. The molecule has 1 fully saturated rings. The minimum absolute atomic E-state index is 0.355. The van der Waals surface area contributed by atoms with Crippen molar-refractivity contribution in [1.82, 2.24) is 15.6 Å². The number of hydrogen-bond donors (Lipinski definition) is 3. The second-order valence-electron chi connectivity index (χ2n) is 4.55. The maximum atomic E-state index is 9.87. The number of piperidine rings is 1. The van der Waals surface area contributed by atoms with Gasteiger partial charge in [0.25, 0.3) is 0 Å². The lowest BCUT2D eigenvalue weighted by molar-refractivity contribution is 0.168. The maximum absolute atomic E-state index is 9.87. The fourth-order valence-corrected chi connectivity index (χ4v) is 3.63. The minimum Gasteiger partial charge on any atom is -0.386 e. The van der Waals surface area contributed by atoms with Crippen LogP contribution >= 0.6 is 11.3 Å². The van der Waals surface area contributed by atoms with Crippen LogP contribution in [0.15, 0.2) is 0 Å². The zero-order valence-electron chi connectivity index (χ0n) is 9.20. The lowest BCUT2D eigenvalue weighted by Crippen LogP contribution is -2.28. The van der Waals surface area contributed by atoms with Crippen LogP contribution in [0.3, 0.4) is 0 Å². The van der Waals surface area contributed by atoms with Gasteiger partial charge in [-0.05, 0) is 19.4 Å². The summed E-state index contributed by atoms with van der Waals surface area (Å²) in [5.74, 6) is 0.552. The van der Waals surface area contributed by atoms with Crippen LogP contribution in [0.1, 0.15) is 40.4 Å². The molecule has 0 aliphatic carbocycles. The molecule has 3 heterocycles. The van der Waals surface area contributed by atoms with Crippen molar-refractivity contribution in [1.29, 1.82) is 0 Å². The summed E-state index contributed by atoms with van der Waals surface area (Å²) in [4.78, 5) is 5.76. The number of aromatic nitrogens is 1. The van der Waals surface area contributed by atoms with Gasteiger partial charge in [0.05, 0.1) is 15.6 Å². The molecular formula is C11H17N3OS. The first-order valence-corrected chi connectivity index (χ1v) is 6.75. The van der Waals surface area contributed by atoms with Crippen LogP contribution in [0, 0.1) is 0 Å². The monoisotopic (exact) mass is 239 g/mol. The summed E-state index contributed by atoms with van der Waals surface area (Å²) >= 11 is 1.71. The highest BCUT2D eigenvalue weighted by molar-refractivity contribution is 7.11. The molecule has 1 aromatic heterocycles. The molecule has 5 heteroatoms. The Kier molecular flexibility index (Phi) is 2.93. The number of hydrogen-bond acceptors (Lipinski definition) is 5. The first-order chi connectivity index (χ1) is 7.84. The maximum Gasteiger partial charge on any atom is 0.102 e. The number of rotatable bonds is 1. The van der Waals surface area contributed by atoms with E-state index >= 15 is 0 Å². The van der Waals surface area contributed by atoms with Crippen molar-refractivity contribution in [2.75, 3.05) is 19.6 Å². The molecule has 0 spiro atoms. The summed E-state index contributed by atoms with van der Waals surface area (Å²) in [6.07, 6.45) is 2.10. The molecule has 2 aliphatic rings. The molecule has 88 valence electrons. The van der Waals surface area contributed by atoms with E-state index in [2.05, 4.69) is 15.6 Å². The van der Waals surface area contributed by atoms with E-state index in [4.69, 9.17) is 0 Å². The fraction of sp³-hybridized carbons (Fsp3) is 0.727. The van der Waals surface area contributed by atoms with Crippen molar-refractivity contribution in [2.24, 2.45) is 0 Å². The molecule has 0 bridgehead atoms. The molecule has 2 aliphatic heterocycles. The number of nitrogens with one attached hydrogen (secondary N) is 2. The molecule has 0 radical (unpaired) electrons. The van der Waals surface area contributed by atoms with Gasteiger partial charge in [-0.1, -0.05) is 0 Å². The highest BCUT2D eigenvalue weighted by Crippen LogP contribution is 2.34. The second kappa shape index (κ2) is 4.41. The van der Waals surface area contributed by atoms with E-state index in [1.54, 1.807) is 11.3 Å². The van der Waals surface area contributed by atoms with Crippen LogP contribution in [0.2, 0.25) is 0 Å². The van der Waals surface area contributed by atoms with Crippen LogP contribution in [0.4, 0.5) is 0 Å². The molecule has 1 aromatic rings. The first-order valence-electron chi connectivity index (χ1n) is 5.93. The fourth-order valence-electron chi connectivity index (χ4n) is 2.43. The quantitative estimate of drug-likeness (QED) is 0.677. The normalized spacial score (nSPS) is 30.1. The summed E-state index contributed by atoms with van der Waals surface area (Å²) < 4.78 is 0. The third-order valence-corrected chi connectivity index (χ3v) is 4.68. The molecule has 3 N–H and O–H groups in total. The summed E-state index contributed by atoms with van der Waals surface area (Å²) in [5.41, 5.74) is 1.06. The molecule has 2 atom stereocenters. The van der Waals surface area contributed by atoms with Gasteiger partial charge in [0, 0.05) is 25.6 Å². The summed E-state index contributed by atoms with van der Waals surface area (Å²) in [6.45, 7) is 3.64. The molecule has 3 rings (SSSR count). The molecule has 0 saturated carbocycles. The summed E-state index contributed by atoms with van der Waals surface area (Å²) in [5, 5.41) is 17.7. The highest BCUT2D eigenvalue weighted by Gasteiger charge is 2.26. The Bertz CT molecular complexity index is 373. The molecule has 0 amide bonds. The van der Waals surface area contributed by atoms with Gasteiger partial charge in [0.2, 0.25) is 0 Å². The number of aliphatic hydroxyl groups is 1. The lowest BCUT2D eigenvalue weighted by Gasteiger charge is -2.20. The molecule has 1 saturated heterocycles. The van der Waals surface area contributed by atoms with Crippen LogP contribution < -0.4 is 10.6 Å². The number of nitrogens with zero attached hydrogens (tertiary/aromatic N) is 1. The van der Waals surface area contributed by atoms with Crippen LogP contribution in [-0.2, 0) is 6.54 Å². The average Bonchev–Trinajstić information content (AvgIpc) is 2.76. The first kappa shape index (κ1) is 10.7. The smallest absolute Gasteiger partial charge is 0.102 e. The molecular weight excluding hydrogens is 222 g/mol. The van der Waals surface area contributed by atoms with Gasteiger partial charge >= 0.3 is 0 Å². The van der Waals surface area contributed by atoms with Crippen molar-refractivity contribution >= 4 is 11.3 Å². The van der Waals surface area contributed by atoms with Crippen LogP contribution in [0.5, 0.6) is 0 Å².